The summed E-state index contributed by atoms with van der Waals surface area (Å²) in [6.07, 6.45) is 0. The zero-order valence-corrected chi connectivity index (χ0v) is 15.1. The first kappa shape index (κ1) is 18.9. The van der Waals surface area contributed by atoms with E-state index in [0.717, 1.165) is 35.1 Å². The molecule has 27 heavy (non-hydrogen) atoms. The Morgan fingerprint density at radius 1 is 1.15 bits per heavy atom. The number of para-hydroxylation sites is 1. The summed E-state index contributed by atoms with van der Waals surface area (Å²) in [5, 5.41) is 13.3. The number of tetrazole rings is 1. The van der Waals surface area contributed by atoms with E-state index in [0.29, 0.717) is 5.16 Å². The van der Waals surface area contributed by atoms with Gasteiger partial charge in [-0.1, -0.05) is 30.0 Å². The summed E-state index contributed by atoms with van der Waals surface area (Å²) in [6, 6.07) is 9.14. The highest BCUT2D eigenvalue weighted by molar-refractivity contribution is 8.00. The third-order valence-corrected chi connectivity index (χ3v) is 4.76. The molecule has 0 aliphatic carbocycles. The molecule has 0 fully saturated rings. The minimum atomic E-state index is -1.64. The minimum absolute atomic E-state index is 0.359. The molecule has 0 radical (unpaired) electrons. The molecule has 140 valence electrons. The van der Waals surface area contributed by atoms with E-state index in [4.69, 9.17) is 0 Å². The Morgan fingerprint density at radius 2 is 1.89 bits per heavy atom. The van der Waals surface area contributed by atoms with Crippen LogP contribution in [0.1, 0.15) is 12.5 Å². The Balaban J connectivity index is 1.76. The largest absolute Gasteiger partial charge is 0.323 e. The van der Waals surface area contributed by atoms with Gasteiger partial charge in [0.15, 0.2) is 17.5 Å². The monoisotopic (exact) mass is 393 g/mol. The van der Waals surface area contributed by atoms with Crippen LogP contribution in [0.5, 0.6) is 0 Å². The van der Waals surface area contributed by atoms with Gasteiger partial charge in [-0.05, 0) is 48.0 Å². The Morgan fingerprint density at radius 3 is 2.63 bits per heavy atom. The lowest BCUT2D eigenvalue weighted by Gasteiger charge is -2.13. The lowest BCUT2D eigenvalue weighted by atomic mass is 10.2. The molecular formula is C17H14F3N5OS. The van der Waals surface area contributed by atoms with Crippen molar-refractivity contribution in [1.82, 2.24) is 20.2 Å². The molecule has 0 saturated carbocycles. The highest BCUT2D eigenvalue weighted by atomic mass is 32.2. The molecule has 0 bridgehead atoms. The molecule has 0 saturated heterocycles. The summed E-state index contributed by atoms with van der Waals surface area (Å²) in [4.78, 5) is 12.3. The number of anilines is 1. The quantitative estimate of drug-likeness (QED) is 0.531. The fraction of sp³-hybridized carbons (Fsp3) is 0.176. The molecular weight excluding hydrogens is 379 g/mol. The Bertz CT molecular complexity index is 994. The van der Waals surface area contributed by atoms with Crippen molar-refractivity contribution in [3.05, 3.63) is 59.4 Å². The number of rotatable bonds is 5. The number of aromatic nitrogens is 4. The van der Waals surface area contributed by atoms with Gasteiger partial charge in [0.05, 0.1) is 16.6 Å². The highest BCUT2D eigenvalue weighted by Gasteiger charge is 2.22. The number of nitrogens with one attached hydrogen (secondary N) is 1. The van der Waals surface area contributed by atoms with Crippen molar-refractivity contribution in [3.8, 4) is 5.69 Å². The fourth-order valence-corrected chi connectivity index (χ4v) is 3.07. The van der Waals surface area contributed by atoms with Crippen LogP contribution in [0.3, 0.4) is 0 Å². The fourth-order valence-electron chi connectivity index (χ4n) is 2.27. The van der Waals surface area contributed by atoms with Gasteiger partial charge in [-0.3, -0.25) is 4.79 Å². The van der Waals surface area contributed by atoms with Crippen molar-refractivity contribution < 1.29 is 18.0 Å². The average Bonchev–Trinajstić information content (AvgIpc) is 3.10. The number of thioether (sulfide) groups is 1. The Kier molecular flexibility index (Phi) is 5.45. The normalized spacial score (nSPS) is 12.0. The van der Waals surface area contributed by atoms with Crippen molar-refractivity contribution in [1.29, 1.82) is 0 Å². The molecule has 3 aromatic rings. The average molecular weight is 393 g/mol. The molecule has 6 nitrogen and oxygen atoms in total. The van der Waals surface area contributed by atoms with E-state index >= 15 is 0 Å². The van der Waals surface area contributed by atoms with Gasteiger partial charge in [-0.2, -0.15) is 4.68 Å². The van der Waals surface area contributed by atoms with Crippen molar-refractivity contribution in [3.63, 3.8) is 0 Å². The Hall–Kier alpha value is -2.88. The Labute approximate surface area is 156 Å². The topological polar surface area (TPSA) is 72.7 Å². The standard InChI is InChI=1S/C17H14F3N5OS/c1-9-5-3-4-6-13(9)25-17(22-23-24-25)27-10(2)16(26)21-12-8-7-11(18)14(19)15(12)20/h3-8,10H,1-2H3,(H,21,26)/t10-/m0/s1. The van der Waals surface area contributed by atoms with Gasteiger partial charge < -0.3 is 5.32 Å². The number of hydrogen-bond donors (Lipinski definition) is 1. The first-order valence-electron chi connectivity index (χ1n) is 7.84. The molecule has 0 unspecified atom stereocenters. The maximum absolute atomic E-state index is 13.7. The van der Waals surface area contributed by atoms with E-state index in [2.05, 4.69) is 20.8 Å². The molecule has 0 aliphatic heterocycles. The number of nitrogens with zero attached hydrogens (tertiary/aromatic N) is 4. The second kappa shape index (κ2) is 7.78. The van der Waals surface area contributed by atoms with E-state index in [-0.39, 0.29) is 0 Å². The van der Waals surface area contributed by atoms with E-state index in [1.807, 2.05) is 31.2 Å². The SMILES string of the molecule is Cc1ccccc1-n1nnnc1S[C@@H](C)C(=O)Nc1ccc(F)c(F)c1F. The molecule has 1 aromatic heterocycles. The third kappa shape index (κ3) is 3.95. The molecule has 1 N–H and O–H groups in total. The van der Waals surface area contributed by atoms with Crippen LogP contribution in [0.25, 0.3) is 5.69 Å². The molecule has 0 spiro atoms. The van der Waals surface area contributed by atoms with Gasteiger partial charge in [0.2, 0.25) is 11.1 Å². The van der Waals surface area contributed by atoms with Crippen molar-refractivity contribution >= 4 is 23.4 Å². The summed E-state index contributed by atoms with van der Waals surface area (Å²) in [5.74, 6) is -5.03. The smallest absolute Gasteiger partial charge is 0.237 e. The van der Waals surface area contributed by atoms with Crippen LogP contribution in [0.15, 0.2) is 41.6 Å². The van der Waals surface area contributed by atoms with Gasteiger partial charge in [0.1, 0.15) is 0 Å². The molecule has 10 heteroatoms. The van der Waals surface area contributed by atoms with Crippen LogP contribution < -0.4 is 5.32 Å². The second-order valence-corrected chi connectivity index (χ2v) is 6.94. The van der Waals surface area contributed by atoms with Crippen LogP contribution in [0.4, 0.5) is 18.9 Å². The molecule has 0 aliphatic rings. The number of benzene rings is 2. The van der Waals surface area contributed by atoms with Crippen molar-refractivity contribution in [2.75, 3.05) is 5.32 Å². The maximum atomic E-state index is 13.7. The number of carbonyl (C=O) groups excluding carboxylic acids is 1. The number of carbonyl (C=O) groups is 1. The van der Waals surface area contributed by atoms with E-state index in [1.165, 1.54) is 4.68 Å². The first-order chi connectivity index (χ1) is 12.9. The summed E-state index contributed by atoms with van der Waals surface area (Å²) in [5.41, 5.74) is 1.25. The summed E-state index contributed by atoms with van der Waals surface area (Å²) >= 11 is 1.05. The predicted octanol–water partition coefficient (Wildman–Crippen LogP) is 3.51. The zero-order chi connectivity index (χ0) is 19.6. The summed E-state index contributed by atoms with van der Waals surface area (Å²) < 4.78 is 41.5. The molecule has 1 amide bonds. The van der Waals surface area contributed by atoms with Gasteiger partial charge in [-0.25, -0.2) is 13.2 Å². The minimum Gasteiger partial charge on any atom is -0.323 e. The lowest BCUT2D eigenvalue weighted by molar-refractivity contribution is -0.115. The summed E-state index contributed by atoms with van der Waals surface area (Å²) in [7, 11) is 0. The highest BCUT2D eigenvalue weighted by Crippen LogP contribution is 2.26. The summed E-state index contributed by atoms with van der Waals surface area (Å²) in [6.45, 7) is 3.46. The maximum Gasteiger partial charge on any atom is 0.237 e. The zero-order valence-electron chi connectivity index (χ0n) is 14.3. The second-order valence-electron chi connectivity index (χ2n) is 5.63. The first-order valence-corrected chi connectivity index (χ1v) is 8.72. The van der Waals surface area contributed by atoms with Crippen molar-refractivity contribution in [2.45, 2.75) is 24.3 Å². The molecule has 3 rings (SSSR count). The number of aryl methyl sites for hydroxylation is 1. The van der Waals surface area contributed by atoms with Gasteiger partial charge in [0.25, 0.3) is 0 Å². The number of amides is 1. The van der Waals surface area contributed by atoms with E-state index in [9.17, 15) is 18.0 Å². The molecule has 2 aromatic carbocycles. The molecule has 1 heterocycles. The number of hydrogen-bond acceptors (Lipinski definition) is 5. The van der Waals surface area contributed by atoms with Gasteiger partial charge in [-0.15, -0.1) is 5.10 Å². The van der Waals surface area contributed by atoms with E-state index < -0.39 is 34.3 Å². The number of halogens is 3. The van der Waals surface area contributed by atoms with Crippen LogP contribution in [0.2, 0.25) is 0 Å². The predicted molar refractivity (Wildman–Crippen MR) is 94.2 cm³/mol. The van der Waals surface area contributed by atoms with Gasteiger partial charge >= 0.3 is 0 Å². The third-order valence-electron chi connectivity index (χ3n) is 3.73. The van der Waals surface area contributed by atoms with Crippen LogP contribution in [-0.4, -0.2) is 31.4 Å². The van der Waals surface area contributed by atoms with Crippen molar-refractivity contribution in [2.24, 2.45) is 0 Å². The van der Waals surface area contributed by atoms with Crippen LogP contribution >= 0.6 is 11.8 Å². The van der Waals surface area contributed by atoms with E-state index in [1.54, 1.807) is 6.92 Å². The lowest BCUT2D eigenvalue weighted by Crippen LogP contribution is -2.23. The van der Waals surface area contributed by atoms with Crippen LogP contribution in [-0.2, 0) is 4.79 Å². The van der Waals surface area contributed by atoms with Gasteiger partial charge in [0, 0.05) is 0 Å². The molecule has 1 atom stereocenters. The van der Waals surface area contributed by atoms with Crippen LogP contribution in [0, 0.1) is 24.4 Å².